The zero-order valence-corrected chi connectivity index (χ0v) is 8.20. The fourth-order valence-electron chi connectivity index (χ4n) is 0.787. The van der Waals surface area contributed by atoms with E-state index in [4.69, 9.17) is 11.6 Å². The van der Waals surface area contributed by atoms with Crippen LogP contribution in [0.25, 0.3) is 0 Å². The molecule has 0 saturated carbocycles. The van der Waals surface area contributed by atoms with E-state index in [0.717, 1.165) is 23.6 Å². The molecule has 11 heavy (non-hydrogen) atoms. The van der Waals surface area contributed by atoms with Crippen LogP contribution in [0.4, 0.5) is 0 Å². The summed E-state index contributed by atoms with van der Waals surface area (Å²) in [5, 5.41) is 3.87. The summed E-state index contributed by atoms with van der Waals surface area (Å²) in [7, 11) is 1.89. The average molecular weight is 174 g/mol. The predicted octanol–water partition coefficient (Wildman–Crippen LogP) is 3.03. The van der Waals surface area contributed by atoms with Crippen LogP contribution in [0.3, 0.4) is 0 Å². The first-order valence-corrected chi connectivity index (χ1v) is 4.36. The smallest absolute Gasteiger partial charge is 0.0591 e. The van der Waals surface area contributed by atoms with Crippen LogP contribution in [0.2, 0.25) is 0 Å². The number of hydrogen-bond donors (Lipinski definition) is 1. The molecule has 1 N–H and O–H groups in total. The minimum Gasteiger partial charge on any atom is -0.390 e. The van der Waals surface area contributed by atoms with Crippen molar-refractivity contribution in [2.75, 3.05) is 7.05 Å². The molecule has 0 saturated heterocycles. The second-order valence-electron chi connectivity index (χ2n) is 2.24. The molecule has 0 aromatic rings. The topological polar surface area (TPSA) is 12.0 Å². The van der Waals surface area contributed by atoms with Crippen molar-refractivity contribution in [1.82, 2.24) is 5.32 Å². The second-order valence-corrected chi connectivity index (χ2v) is 2.65. The van der Waals surface area contributed by atoms with Crippen molar-refractivity contribution < 1.29 is 0 Å². The van der Waals surface area contributed by atoms with Gasteiger partial charge in [0.2, 0.25) is 0 Å². The molecule has 0 aliphatic heterocycles. The van der Waals surface area contributed by atoms with Crippen LogP contribution in [0.5, 0.6) is 0 Å². The first kappa shape index (κ1) is 10.6. The lowest BCUT2D eigenvalue weighted by molar-refractivity contribution is 0.896. The van der Waals surface area contributed by atoms with E-state index >= 15 is 0 Å². The van der Waals surface area contributed by atoms with E-state index < -0.39 is 0 Å². The molecule has 0 aliphatic carbocycles. The number of nitrogens with one attached hydrogen (secondary N) is 1. The van der Waals surface area contributed by atoms with Gasteiger partial charge in [0.1, 0.15) is 0 Å². The van der Waals surface area contributed by atoms with Crippen LogP contribution in [0, 0.1) is 0 Å². The van der Waals surface area contributed by atoms with Crippen molar-refractivity contribution >= 4 is 11.6 Å². The summed E-state index contributed by atoms with van der Waals surface area (Å²) >= 11 is 5.96. The van der Waals surface area contributed by atoms with Gasteiger partial charge in [-0.3, -0.25) is 0 Å². The van der Waals surface area contributed by atoms with E-state index in [1.807, 2.05) is 13.1 Å². The van der Waals surface area contributed by atoms with E-state index in [-0.39, 0.29) is 0 Å². The van der Waals surface area contributed by atoms with E-state index in [0.29, 0.717) is 0 Å². The van der Waals surface area contributed by atoms with E-state index in [1.54, 1.807) is 0 Å². The molecule has 0 atom stereocenters. The molecule has 64 valence electrons. The van der Waals surface area contributed by atoms with Crippen LogP contribution in [-0.4, -0.2) is 7.05 Å². The van der Waals surface area contributed by atoms with Gasteiger partial charge in [-0.2, -0.15) is 0 Å². The van der Waals surface area contributed by atoms with Gasteiger partial charge in [-0.25, -0.2) is 0 Å². The molecule has 0 unspecified atom stereocenters. The van der Waals surface area contributed by atoms with Gasteiger partial charge in [-0.15, -0.1) is 0 Å². The Morgan fingerprint density at radius 1 is 1.45 bits per heavy atom. The van der Waals surface area contributed by atoms with Crippen LogP contribution in [0.15, 0.2) is 22.9 Å². The van der Waals surface area contributed by atoms with Crippen LogP contribution < -0.4 is 5.32 Å². The minimum absolute atomic E-state index is 0.817. The van der Waals surface area contributed by atoms with Gasteiger partial charge in [0.05, 0.1) is 5.03 Å². The molecule has 0 bridgehead atoms. The summed E-state index contributed by atoms with van der Waals surface area (Å²) in [4.78, 5) is 0. The van der Waals surface area contributed by atoms with Gasteiger partial charge in [0, 0.05) is 12.7 Å². The van der Waals surface area contributed by atoms with Crippen LogP contribution >= 0.6 is 11.6 Å². The highest BCUT2D eigenvalue weighted by atomic mass is 35.5. The Labute approximate surface area is 74.1 Å². The quantitative estimate of drug-likeness (QED) is 0.645. The third-order valence-electron chi connectivity index (χ3n) is 1.44. The molecule has 0 aliphatic rings. The zero-order valence-electron chi connectivity index (χ0n) is 7.45. The lowest BCUT2D eigenvalue weighted by atomic mass is 10.3. The van der Waals surface area contributed by atoms with Crippen molar-refractivity contribution in [3.05, 3.63) is 22.9 Å². The lowest BCUT2D eigenvalue weighted by Gasteiger charge is -2.03. The molecule has 0 heterocycles. The molecule has 0 rings (SSSR count). The summed E-state index contributed by atoms with van der Waals surface area (Å²) in [6.07, 6.45) is 5.96. The van der Waals surface area contributed by atoms with Gasteiger partial charge < -0.3 is 5.32 Å². The van der Waals surface area contributed by atoms with Gasteiger partial charge in [0.25, 0.3) is 0 Å². The first-order chi connectivity index (χ1) is 5.26. The normalized spacial score (nSPS) is 13.5. The molecule has 0 aromatic carbocycles. The summed E-state index contributed by atoms with van der Waals surface area (Å²) in [6.45, 7) is 4.17. The van der Waals surface area contributed by atoms with Crippen molar-refractivity contribution in [2.24, 2.45) is 0 Å². The highest BCUT2D eigenvalue weighted by Crippen LogP contribution is 2.11. The molecule has 0 aromatic heterocycles. The van der Waals surface area contributed by atoms with Crippen LogP contribution in [0.1, 0.15) is 26.7 Å². The Kier molecular flexibility index (Phi) is 6.05. The molecule has 0 spiro atoms. The van der Waals surface area contributed by atoms with Gasteiger partial charge in [-0.05, 0) is 18.9 Å². The predicted molar refractivity (Wildman–Crippen MR) is 51.7 cm³/mol. The van der Waals surface area contributed by atoms with E-state index in [9.17, 15) is 0 Å². The number of hydrogen-bond acceptors (Lipinski definition) is 1. The Balaban J connectivity index is 4.22. The van der Waals surface area contributed by atoms with Gasteiger partial charge >= 0.3 is 0 Å². The number of rotatable bonds is 4. The van der Waals surface area contributed by atoms with E-state index in [2.05, 4.69) is 25.2 Å². The van der Waals surface area contributed by atoms with Crippen molar-refractivity contribution in [1.29, 1.82) is 0 Å². The third kappa shape index (κ3) is 4.10. The summed E-state index contributed by atoms with van der Waals surface area (Å²) < 4.78 is 0. The van der Waals surface area contributed by atoms with E-state index in [1.165, 1.54) is 0 Å². The molecule has 0 radical (unpaired) electrons. The van der Waals surface area contributed by atoms with Crippen molar-refractivity contribution in [2.45, 2.75) is 26.7 Å². The Hall–Kier alpha value is -0.430. The highest BCUT2D eigenvalue weighted by Gasteiger charge is 1.94. The largest absolute Gasteiger partial charge is 0.390 e. The Morgan fingerprint density at radius 3 is 2.45 bits per heavy atom. The highest BCUT2D eigenvalue weighted by molar-refractivity contribution is 6.31. The lowest BCUT2D eigenvalue weighted by Crippen LogP contribution is -2.05. The summed E-state index contributed by atoms with van der Waals surface area (Å²) in [5.74, 6) is 0. The van der Waals surface area contributed by atoms with Crippen molar-refractivity contribution in [3.8, 4) is 0 Å². The van der Waals surface area contributed by atoms with Crippen LogP contribution in [-0.2, 0) is 0 Å². The van der Waals surface area contributed by atoms with Gasteiger partial charge in [-0.1, -0.05) is 31.5 Å². The van der Waals surface area contributed by atoms with Crippen molar-refractivity contribution in [3.63, 3.8) is 0 Å². The molecule has 2 heteroatoms. The number of allylic oxidation sites excluding steroid dienone is 4. The second kappa shape index (κ2) is 6.29. The molecule has 0 amide bonds. The maximum Gasteiger partial charge on any atom is 0.0591 e. The van der Waals surface area contributed by atoms with Gasteiger partial charge in [0.15, 0.2) is 0 Å². The Morgan fingerprint density at radius 2 is 2.09 bits per heavy atom. The average Bonchev–Trinajstić information content (AvgIpc) is 2.03. The fraction of sp³-hybridized carbons (Fsp3) is 0.556. The third-order valence-corrected chi connectivity index (χ3v) is 1.80. The Bertz CT molecular complexity index is 153. The standard InChI is InChI=1S/C9H16ClN/c1-4-6-7-8(10)9(5-2)11-3/h6-7,11H,4-5H2,1-3H3/b7-6-,9-8+. The minimum atomic E-state index is 0.817. The number of halogens is 1. The fourth-order valence-corrected chi connectivity index (χ4v) is 1.10. The summed E-state index contributed by atoms with van der Waals surface area (Å²) in [5.41, 5.74) is 1.09. The zero-order chi connectivity index (χ0) is 8.69. The SMILES string of the molecule is CC/C=C\C(Cl)=C(\CC)NC. The molecular formula is C9H16ClN. The maximum absolute atomic E-state index is 5.96. The molecule has 0 fully saturated rings. The monoisotopic (exact) mass is 173 g/mol. The molecular weight excluding hydrogens is 158 g/mol. The summed E-state index contributed by atoms with van der Waals surface area (Å²) in [6, 6.07) is 0. The maximum atomic E-state index is 5.96. The first-order valence-electron chi connectivity index (χ1n) is 3.99. The molecule has 1 nitrogen and oxygen atoms in total.